The Morgan fingerprint density at radius 3 is 2.17 bits per heavy atom. The number of allylic oxidation sites excluding steroid dienone is 5. The molecule has 1 aliphatic carbocycles. The van der Waals surface area contributed by atoms with Gasteiger partial charge < -0.3 is 15.2 Å². The van der Waals surface area contributed by atoms with Crippen LogP contribution in [0, 0.1) is 11.8 Å². The fraction of sp³-hybridized carbons (Fsp3) is 0.310. The largest absolute Gasteiger partial charge is 0.393 e. The first-order valence-electron chi connectivity index (χ1n) is 11.9. The van der Waals surface area contributed by atoms with E-state index in [1.165, 1.54) is 0 Å². The van der Waals surface area contributed by atoms with E-state index >= 15 is 0 Å². The molecule has 0 saturated carbocycles. The monoisotopic (exact) mass is 598 g/mol. The van der Waals surface area contributed by atoms with Gasteiger partial charge in [0.15, 0.2) is 0 Å². The molecule has 7 heteroatoms. The topological polar surface area (TPSA) is 92.7 Å². The number of nitrogens with one attached hydrogen (secondary N) is 1. The van der Waals surface area contributed by atoms with Gasteiger partial charge in [0.2, 0.25) is 15.6 Å². The number of aliphatic hydroxyl groups excluding tert-OH is 1. The van der Waals surface area contributed by atoms with Gasteiger partial charge in [0, 0.05) is 5.92 Å². The second-order valence-corrected chi connectivity index (χ2v) is 12.2. The van der Waals surface area contributed by atoms with Gasteiger partial charge in [-0.1, -0.05) is 79.7 Å². The van der Waals surface area contributed by atoms with Crippen LogP contribution in [-0.4, -0.2) is 42.9 Å². The van der Waals surface area contributed by atoms with Gasteiger partial charge in [-0.3, -0.25) is 9.59 Å². The van der Waals surface area contributed by atoms with E-state index in [0.717, 1.165) is 11.1 Å². The van der Waals surface area contributed by atoms with Crippen LogP contribution in [0.15, 0.2) is 90.5 Å². The molecule has 0 radical (unpaired) electrons. The molecule has 2 N–H and O–H groups in total. The number of carbonyl (C=O) groups is 2. The van der Waals surface area contributed by atoms with E-state index in [0.29, 0.717) is 5.57 Å². The number of hydrogen-bond acceptors (Lipinski definition) is 5. The van der Waals surface area contributed by atoms with Crippen molar-refractivity contribution >= 4 is 17.6 Å². The van der Waals surface area contributed by atoms with E-state index in [1.807, 2.05) is 78.8 Å². The highest BCUT2D eigenvalue weighted by Crippen LogP contribution is 2.29. The number of carbonyl (C=O) groups excluding carboxylic acids is 3. The van der Waals surface area contributed by atoms with Crippen LogP contribution >= 0.6 is 0 Å². The van der Waals surface area contributed by atoms with Crippen molar-refractivity contribution in [2.75, 3.05) is 0 Å². The molecule has 0 spiro atoms. The van der Waals surface area contributed by atoms with Gasteiger partial charge >= 0.3 is 25.3 Å². The molecule has 1 heterocycles. The fourth-order valence-corrected chi connectivity index (χ4v) is 7.77. The van der Waals surface area contributed by atoms with E-state index in [4.69, 9.17) is 4.74 Å². The summed E-state index contributed by atoms with van der Waals surface area (Å²) in [4.78, 5) is 37.6. The molecule has 1 saturated heterocycles. The summed E-state index contributed by atoms with van der Waals surface area (Å²) >= 11 is -1.03. The number of halogens is 1. The van der Waals surface area contributed by atoms with Crippen LogP contribution in [0.4, 0.5) is 0 Å². The molecular formula is C29H29INO5+. The molecule has 36 heavy (non-hydrogen) atoms. The third kappa shape index (κ3) is 5.76. The molecule has 1 aliphatic heterocycles. The predicted molar refractivity (Wildman–Crippen MR) is 132 cm³/mol. The highest BCUT2D eigenvalue weighted by Gasteiger charge is 2.52. The third-order valence-electron chi connectivity index (χ3n) is 6.52. The van der Waals surface area contributed by atoms with Crippen molar-refractivity contribution < 1.29 is 45.4 Å². The van der Waals surface area contributed by atoms with Gasteiger partial charge in [-0.25, -0.2) is 4.79 Å². The Morgan fingerprint density at radius 1 is 1.03 bits per heavy atom. The molecule has 2 aromatic rings. The fourth-order valence-electron chi connectivity index (χ4n) is 4.48. The molecule has 0 aromatic heterocycles. The molecule has 1 fully saturated rings. The van der Waals surface area contributed by atoms with Crippen LogP contribution in [0.5, 0.6) is 0 Å². The smallest absolute Gasteiger partial charge is 0.326 e. The van der Waals surface area contributed by atoms with E-state index in [9.17, 15) is 19.5 Å². The molecule has 6 atom stereocenters. The lowest BCUT2D eigenvalue weighted by Crippen LogP contribution is -3.69. The Balaban J connectivity index is 1.67. The zero-order chi connectivity index (χ0) is 25.7. The summed E-state index contributed by atoms with van der Waals surface area (Å²) in [6.07, 6.45) is 5.97. The van der Waals surface area contributed by atoms with Crippen molar-refractivity contribution in [3.8, 4) is 0 Å². The van der Waals surface area contributed by atoms with Crippen molar-refractivity contribution in [2.45, 2.75) is 40.1 Å². The van der Waals surface area contributed by atoms with E-state index in [1.54, 1.807) is 26.0 Å². The molecule has 1 amide bonds. The minimum atomic E-state index is -1.03. The molecule has 6 nitrogen and oxygen atoms in total. The van der Waals surface area contributed by atoms with Crippen LogP contribution in [0.3, 0.4) is 0 Å². The maximum absolute atomic E-state index is 13.9. The summed E-state index contributed by atoms with van der Waals surface area (Å²) in [5.74, 6) is 0.432. The van der Waals surface area contributed by atoms with Crippen LogP contribution in [-0.2, 0) is 19.1 Å². The number of benzene rings is 2. The molecule has 4 rings (SSSR count). The van der Waals surface area contributed by atoms with Crippen molar-refractivity contribution in [1.29, 1.82) is 0 Å². The lowest BCUT2D eigenvalue weighted by molar-refractivity contribution is -0.728. The van der Waals surface area contributed by atoms with E-state index in [-0.39, 0.29) is 15.6 Å². The summed E-state index contributed by atoms with van der Waals surface area (Å²) < 4.78 is 5.68. The highest BCUT2D eigenvalue weighted by atomic mass is 127. The number of Topliss-reactive ketones (excluding diaryl/α,β-unsaturated/α-hetero) is 1. The predicted octanol–water partition coefficient (Wildman–Crippen LogP) is 0.161. The average Bonchev–Trinajstić information content (AvgIpc) is 2.89. The first-order valence-corrected chi connectivity index (χ1v) is 14.4. The Labute approximate surface area is 221 Å². The number of aliphatic hydroxyl groups is 1. The maximum atomic E-state index is 13.9. The van der Waals surface area contributed by atoms with Crippen LogP contribution < -0.4 is 26.5 Å². The van der Waals surface area contributed by atoms with Gasteiger partial charge in [0.05, 0.1) is 23.6 Å². The van der Waals surface area contributed by atoms with Crippen molar-refractivity contribution in [1.82, 2.24) is 5.32 Å². The molecular weight excluding hydrogens is 569 g/mol. The number of amides is 1. The van der Waals surface area contributed by atoms with Gasteiger partial charge in [-0.05, 0) is 30.2 Å². The van der Waals surface area contributed by atoms with E-state index < -0.39 is 55.4 Å². The van der Waals surface area contributed by atoms with Crippen LogP contribution in [0.1, 0.15) is 31.1 Å². The summed E-state index contributed by atoms with van der Waals surface area (Å²) in [6, 6.07) is 19.0. The van der Waals surface area contributed by atoms with Gasteiger partial charge in [-0.15, -0.1) is 0 Å². The summed E-state index contributed by atoms with van der Waals surface area (Å²) in [6.45, 7) is 3.34. The standard InChI is InChI=1S/C29H28INO5/c1-18(25-24(19(2)33)29(35)31-25)26(34)28(30-23-16-10-9-15-22(23)17-32)36-27(20-11-5-3-6-12-20)21-13-7-4-8-14-21/h3-16,18-19,23-25,27-28,33H,1-2H3/p+1/t18-,19-,23?,24-,25-,28?/m1/s1. The second kappa shape index (κ2) is 11.9. The lowest BCUT2D eigenvalue weighted by Gasteiger charge is -2.41. The average molecular weight is 598 g/mol. The van der Waals surface area contributed by atoms with Gasteiger partial charge in [0.25, 0.3) is 0 Å². The SMILES string of the molecule is C[C@@H](O)[C@H]1C(=O)N[C@@H]1[C@@H](C)C(=O)C(OC(c1ccccc1)c1ccccc1)[I+]C1C=CC=CC1=C=O. The lowest BCUT2D eigenvalue weighted by atomic mass is 9.77. The summed E-state index contributed by atoms with van der Waals surface area (Å²) in [7, 11) is 0. The molecule has 186 valence electrons. The number of rotatable bonds is 10. The molecule has 2 aliphatic rings. The molecule has 2 unspecified atom stereocenters. The third-order valence-corrected chi connectivity index (χ3v) is 9.94. The van der Waals surface area contributed by atoms with Crippen molar-refractivity contribution in [3.05, 3.63) is 102 Å². The van der Waals surface area contributed by atoms with Crippen molar-refractivity contribution in [3.63, 3.8) is 0 Å². The highest BCUT2D eigenvalue weighted by molar-refractivity contribution is 5.91. The van der Waals surface area contributed by atoms with Gasteiger partial charge in [-0.2, -0.15) is 0 Å². The zero-order valence-electron chi connectivity index (χ0n) is 20.1. The van der Waals surface area contributed by atoms with E-state index in [2.05, 4.69) is 5.32 Å². The second-order valence-electron chi connectivity index (χ2n) is 8.97. The normalized spacial score (nSPS) is 23.4. The first kappa shape index (κ1) is 26.2. The minimum Gasteiger partial charge on any atom is -0.393 e. The van der Waals surface area contributed by atoms with Crippen LogP contribution in [0.25, 0.3) is 0 Å². The Hall–Kier alpha value is -2.84. The Kier molecular flexibility index (Phi) is 8.69. The number of ether oxygens (including phenoxy) is 1. The van der Waals surface area contributed by atoms with Crippen molar-refractivity contribution in [2.24, 2.45) is 11.8 Å². The summed E-state index contributed by atoms with van der Waals surface area (Å²) in [5, 5.41) is 12.9. The number of hydrogen-bond donors (Lipinski definition) is 2. The quantitative estimate of drug-likeness (QED) is 0.176. The van der Waals surface area contributed by atoms with Gasteiger partial charge in [0.1, 0.15) is 12.0 Å². The molecule has 0 bridgehead atoms. The molecule has 2 aromatic carbocycles. The number of β-lactam (4-membered cyclic amide) rings is 1. The first-order chi connectivity index (χ1) is 17.4. The zero-order valence-corrected chi connectivity index (χ0v) is 22.2. The maximum Gasteiger partial charge on any atom is 0.326 e. The number of alkyl halides is 2. The summed E-state index contributed by atoms with van der Waals surface area (Å²) in [5.41, 5.74) is 2.35. The van der Waals surface area contributed by atoms with Crippen LogP contribution in [0.2, 0.25) is 0 Å². The Bertz CT molecular complexity index is 1150. The Morgan fingerprint density at radius 2 is 1.64 bits per heavy atom. The number of ketones is 1. The minimum absolute atomic E-state index is 0.136.